The number of hydrogen-bond donors (Lipinski definition) is 1. The highest BCUT2D eigenvalue weighted by Crippen LogP contribution is 2.25. The van der Waals surface area contributed by atoms with E-state index in [2.05, 4.69) is 5.32 Å². The van der Waals surface area contributed by atoms with Crippen LogP contribution in [0.25, 0.3) is 0 Å². The second-order valence-corrected chi connectivity index (χ2v) is 6.90. The van der Waals surface area contributed by atoms with E-state index in [1.165, 1.54) is 0 Å². The van der Waals surface area contributed by atoms with E-state index >= 15 is 0 Å². The van der Waals surface area contributed by atoms with E-state index in [1.807, 2.05) is 54.6 Å². The molecule has 4 rings (SSSR count). The summed E-state index contributed by atoms with van der Waals surface area (Å²) in [4.78, 5) is 26.2. The Balaban J connectivity index is 1.56. The monoisotopic (exact) mass is 402 g/mol. The number of anilines is 1. The average molecular weight is 402 g/mol. The normalized spacial score (nSPS) is 14.2. The Morgan fingerprint density at radius 3 is 2.23 bits per heavy atom. The van der Waals surface area contributed by atoms with E-state index in [9.17, 15) is 9.59 Å². The van der Waals surface area contributed by atoms with E-state index in [0.717, 1.165) is 16.9 Å². The molecule has 0 bridgehead atoms. The van der Waals surface area contributed by atoms with Crippen LogP contribution in [0.15, 0.2) is 78.9 Å². The van der Waals surface area contributed by atoms with E-state index in [-0.39, 0.29) is 18.0 Å². The molecule has 2 amide bonds. The summed E-state index contributed by atoms with van der Waals surface area (Å²) in [6.45, 7) is 0.889. The first-order valence-electron chi connectivity index (χ1n) is 9.70. The summed E-state index contributed by atoms with van der Waals surface area (Å²) in [5, 5.41) is 3.12. The maximum Gasteiger partial charge on any atom is 0.414 e. The average Bonchev–Trinajstić information content (AvgIpc) is 3.24. The predicted octanol–water partition coefficient (Wildman–Crippen LogP) is 4.17. The van der Waals surface area contributed by atoms with Crippen LogP contribution < -0.4 is 15.0 Å². The molecule has 3 aromatic carbocycles. The van der Waals surface area contributed by atoms with Gasteiger partial charge in [-0.1, -0.05) is 42.5 Å². The minimum absolute atomic E-state index is 0.199. The second kappa shape index (κ2) is 8.69. The Morgan fingerprint density at radius 1 is 0.967 bits per heavy atom. The minimum atomic E-state index is -0.365. The smallest absolute Gasteiger partial charge is 0.414 e. The Kier molecular flexibility index (Phi) is 5.66. The van der Waals surface area contributed by atoms with Crippen LogP contribution in [0, 0.1) is 0 Å². The molecule has 1 aliphatic heterocycles. The Labute approximate surface area is 175 Å². The lowest BCUT2D eigenvalue weighted by molar-refractivity contribution is 0.0943. The van der Waals surface area contributed by atoms with Crippen molar-refractivity contribution in [1.82, 2.24) is 5.32 Å². The van der Waals surface area contributed by atoms with Gasteiger partial charge in [0.25, 0.3) is 5.91 Å². The Bertz CT molecular complexity index is 1020. The zero-order valence-electron chi connectivity index (χ0n) is 16.6. The molecule has 3 aromatic rings. The first-order valence-corrected chi connectivity index (χ1v) is 9.70. The second-order valence-electron chi connectivity index (χ2n) is 6.90. The Morgan fingerprint density at radius 2 is 1.63 bits per heavy atom. The fourth-order valence-corrected chi connectivity index (χ4v) is 3.44. The van der Waals surface area contributed by atoms with Crippen molar-refractivity contribution in [3.8, 4) is 5.75 Å². The van der Waals surface area contributed by atoms with Gasteiger partial charge < -0.3 is 14.8 Å². The molecule has 1 fully saturated rings. The molecule has 1 aliphatic rings. The number of amides is 2. The van der Waals surface area contributed by atoms with Gasteiger partial charge in [0, 0.05) is 11.3 Å². The third-order valence-electron chi connectivity index (χ3n) is 5.06. The molecule has 1 atom stereocenters. The van der Waals surface area contributed by atoms with Crippen LogP contribution >= 0.6 is 0 Å². The lowest BCUT2D eigenvalue weighted by Gasteiger charge is -2.20. The number of cyclic esters (lactones) is 1. The maximum absolute atomic E-state index is 13.0. The van der Waals surface area contributed by atoms with Crippen LogP contribution in [-0.4, -0.2) is 32.3 Å². The molecule has 1 heterocycles. The molecule has 152 valence electrons. The van der Waals surface area contributed by atoms with Gasteiger partial charge in [-0.15, -0.1) is 0 Å². The SMILES string of the molecule is COc1ccc(C(NC(=O)c2ccc(N3CCOC3=O)cc2)c2ccccc2)cc1. The third-order valence-corrected chi connectivity index (χ3v) is 5.06. The van der Waals surface area contributed by atoms with Crippen molar-refractivity contribution in [2.45, 2.75) is 6.04 Å². The van der Waals surface area contributed by atoms with Crippen LogP contribution in [0.2, 0.25) is 0 Å². The molecule has 6 nitrogen and oxygen atoms in total. The van der Waals surface area contributed by atoms with Gasteiger partial charge in [-0.2, -0.15) is 0 Å². The van der Waals surface area contributed by atoms with E-state index in [4.69, 9.17) is 9.47 Å². The molecular formula is C24H22N2O4. The van der Waals surface area contributed by atoms with Crippen molar-refractivity contribution >= 4 is 17.7 Å². The summed E-state index contributed by atoms with van der Waals surface area (Å²) >= 11 is 0. The highest BCUT2D eigenvalue weighted by molar-refractivity contribution is 5.96. The van der Waals surface area contributed by atoms with Crippen LogP contribution in [0.3, 0.4) is 0 Å². The van der Waals surface area contributed by atoms with Gasteiger partial charge >= 0.3 is 6.09 Å². The van der Waals surface area contributed by atoms with Crippen LogP contribution in [0.4, 0.5) is 10.5 Å². The quantitative estimate of drug-likeness (QED) is 0.672. The minimum Gasteiger partial charge on any atom is -0.497 e. The van der Waals surface area contributed by atoms with Crippen molar-refractivity contribution in [2.75, 3.05) is 25.2 Å². The molecule has 0 radical (unpaired) electrons. The Hall–Kier alpha value is -3.80. The summed E-state index contributed by atoms with van der Waals surface area (Å²) in [5.74, 6) is 0.558. The lowest BCUT2D eigenvalue weighted by Crippen LogP contribution is -2.29. The summed E-state index contributed by atoms with van der Waals surface area (Å²) in [5.41, 5.74) is 3.16. The van der Waals surface area contributed by atoms with Crippen LogP contribution in [0.5, 0.6) is 5.75 Å². The molecule has 0 aromatic heterocycles. The van der Waals surface area contributed by atoms with Crippen molar-refractivity contribution < 1.29 is 19.1 Å². The first kappa shape index (κ1) is 19.5. The third kappa shape index (κ3) is 4.12. The van der Waals surface area contributed by atoms with Crippen molar-refractivity contribution in [1.29, 1.82) is 0 Å². The largest absolute Gasteiger partial charge is 0.497 e. The molecule has 0 saturated carbocycles. The van der Waals surface area contributed by atoms with Crippen molar-refractivity contribution in [3.05, 3.63) is 95.6 Å². The molecule has 0 spiro atoms. The van der Waals surface area contributed by atoms with Gasteiger partial charge in [-0.25, -0.2) is 4.79 Å². The molecular weight excluding hydrogens is 380 g/mol. The summed E-state index contributed by atoms with van der Waals surface area (Å²) in [6, 6.07) is 24.1. The van der Waals surface area contributed by atoms with E-state index in [1.54, 1.807) is 36.3 Å². The number of ether oxygens (including phenoxy) is 2. The van der Waals surface area contributed by atoms with Gasteiger partial charge in [-0.3, -0.25) is 9.69 Å². The lowest BCUT2D eigenvalue weighted by atomic mass is 9.98. The highest BCUT2D eigenvalue weighted by atomic mass is 16.6. The number of hydrogen-bond acceptors (Lipinski definition) is 4. The zero-order valence-corrected chi connectivity index (χ0v) is 16.6. The molecule has 0 aliphatic carbocycles. The molecule has 1 N–H and O–H groups in total. The number of nitrogens with zero attached hydrogens (tertiary/aromatic N) is 1. The molecule has 6 heteroatoms. The molecule has 30 heavy (non-hydrogen) atoms. The van der Waals surface area contributed by atoms with Crippen LogP contribution in [0.1, 0.15) is 27.5 Å². The summed E-state index contributed by atoms with van der Waals surface area (Å²) in [7, 11) is 1.62. The maximum atomic E-state index is 13.0. The summed E-state index contributed by atoms with van der Waals surface area (Å²) in [6.07, 6.45) is -0.365. The van der Waals surface area contributed by atoms with Gasteiger partial charge in [0.15, 0.2) is 0 Å². The van der Waals surface area contributed by atoms with E-state index < -0.39 is 0 Å². The topological polar surface area (TPSA) is 67.9 Å². The fraction of sp³-hybridized carbons (Fsp3) is 0.167. The zero-order chi connectivity index (χ0) is 20.9. The van der Waals surface area contributed by atoms with Crippen molar-refractivity contribution in [2.24, 2.45) is 0 Å². The number of rotatable bonds is 6. The number of nitrogens with one attached hydrogen (secondary N) is 1. The predicted molar refractivity (Wildman–Crippen MR) is 114 cm³/mol. The standard InChI is InChI=1S/C24H22N2O4/c1-29-21-13-9-18(10-14-21)22(17-5-3-2-4-6-17)25-23(27)19-7-11-20(12-8-19)26-15-16-30-24(26)28/h2-14,22H,15-16H2,1H3,(H,25,27). The molecule has 1 unspecified atom stereocenters. The van der Waals surface area contributed by atoms with Gasteiger partial charge in [-0.05, 0) is 47.5 Å². The highest BCUT2D eigenvalue weighted by Gasteiger charge is 2.24. The number of carbonyl (C=O) groups excluding carboxylic acids is 2. The van der Waals surface area contributed by atoms with Gasteiger partial charge in [0.05, 0.1) is 19.7 Å². The summed E-state index contributed by atoms with van der Waals surface area (Å²) < 4.78 is 10.2. The number of methoxy groups -OCH3 is 1. The fourth-order valence-electron chi connectivity index (χ4n) is 3.44. The first-order chi connectivity index (χ1) is 14.7. The van der Waals surface area contributed by atoms with E-state index in [0.29, 0.717) is 24.4 Å². The van der Waals surface area contributed by atoms with Crippen LogP contribution in [-0.2, 0) is 4.74 Å². The van der Waals surface area contributed by atoms with Gasteiger partial charge in [0.2, 0.25) is 0 Å². The number of benzene rings is 3. The van der Waals surface area contributed by atoms with Gasteiger partial charge in [0.1, 0.15) is 12.4 Å². The number of carbonyl (C=O) groups is 2. The molecule has 1 saturated heterocycles. The van der Waals surface area contributed by atoms with Crippen molar-refractivity contribution in [3.63, 3.8) is 0 Å².